The van der Waals surface area contributed by atoms with E-state index in [0.717, 1.165) is 27.0 Å². The summed E-state index contributed by atoms with van der Waals surface area (Å²) in [6, 6.07) is 8.25. The van der Waals surface area contributed by atoms with Crippen LogP contribution in [0.25, 0.3) is 0 Å². The van der Waals surface area contributed by atoms with Crippen LogP contribution in [0.1, 0.15) is 22.0 Å². The normalized spacial score (nSPS) is 12.7. The molecule has 96 valence electrons. The van der Waals surface area contributed by atoms with Gasteiger partial charge in [-0.15, -0.1) is 11.3 Å². The first kappa shape index (κ1) is 14.0. The fourth-order valence-electron chi connectivity index (χ4n) is 1.76. The third-order valence-electron chi connectivity index (χ3n) is 2.83. The number of thiophene rings is 1. The molecule has 2 aromatic rings. The van der Waals surface area contributed by atoms with Crippen LogP contribution < -0.4 is 11.3 Å². The number of halogens is 2. The van der Waals surface area contributed by atoms with Gasteiger partial charge in [0, 0.05) is 26.2 Å². The Balaban J connectivity index is 2.19. The van der Waals surface area contributed by atoms with Crippen molar-refractivity contribution >= 4 is 38.9 Å². The minimum Gasteiger partial charge on any atom is -0.271 e. The molecule has 0 saturated heterocycles. The van der Waals surface area contributed by atoms with Gasteiger partial charge in [0.05, 0.1) is 6.04 Å². The molecule has 0 bridgehead atoms. The van der Waals surface area contributed by atoms with Crippen LogP contribution in [0.15, 0.2) is 34.1 Å². The Bertz CT molecular complexity index is 542. The second-order valence-electron chi connectivity index (χ2n) is 4.16. The molecule has 1 heterocycles. The highest BCUT2D eigenvalue weighted by atomic mass is 79.9. The topological polar surface area (TPSA) is 38.0 Å². The molecule has 2 nitrogen and oxygen atoms in total. The SMILES string of the molecule is Cc1ccc(C(Cc2cc(Br)cs2)NN)cc1Cl. The lowest BCUT2D eigenvalue weighted by Crippen LogP contribution is -2.29. The van der Waals surface area contributed by atoms with Crippen molar-refractivity contribution in [3.63, 3.8) is 0 Å². The molecule has 18 heavy (non-hydrogen) atoms. The number of nitrogens with one attached hydrogen (secondary N) is 1. The Morgan fingerprint density at radius 2 is 2.22 bits per heavy atom. The van der Waals surface area contributed by atoms with Crippen molar-refractivity contribution in [2.24, 2.45) is 5.84 Å². The smallest absolute Gasteiger partial charge is 0.0508 e. The molecule has 1 aromatic carbocycles. The number of hydrazine groups is 1. The minimum atomic E-state index is 0.0775. The van der Waals surface area contributed by atoms with Gasteiger partial charge in [0.15, 0.2) is 0 Å². The molecule has 0 aliphatic heterocycles. The van der Waals surface area contributed by atoms with E-state index < -0.39 is 0 Å². The van der Waals surface area contributed by atoms with Gasteiger partial charge in [-0.05, 0) is 46.1 Å². The average Bonchev–Trinajstić information content (AvgIpc) is 2.75. The average molecular weight is 346 g/mol. The molecule has 0 fully saturated rings. The molecule has 1 aromatic heterocycles. The molecule has 5 heteroatoms. The Morgan fingerprint density at radius 3 is 2.78 bits per heavy atom. The van der Waals surface area contributed by atoms with Crippen molar-refractivity contribution in [2.75, 3.05) is 0 Å². The molecular weight excluding hydrogens is 332 g/mol. The first-order valence-corrected chi connectivity index (χ1v) is 7.60. The maximum absolute atomic E-state index is 6.15. The molecule has 0 spiro atoms. The fourth-order valence-corrected chi connectivity index (χ4v) is 3.45. The summed E-state index contributed by atoms with van der Waals surface area (Å²) in [5.74, 6) is 5.65. The van der Waals surface area contributed by atoms with E-state index in [1.807, 2.05) is 19.1 Å². The van der Waals surface area contributed by atoms with Gasteiger partial charge in [0.2, 0.25) is 0 Å². The largest absolute Gasteiger partial charge is 0.271 e. The number of hydrogen-bond donors (Lipinski definition) is 2. The van der Waals surface area contributed by atoms with E-state index in [0.29, 0.717) is 0 Å². The van der Waals surface area contributed by atoms with Gasteiger partial charge in [-0.25, -0.2) is 0 Å². The maximum atomic E-state index is 6.15. The molecule has 0 aliphatic carbocycles. The Morgan fingerprint density at radius 1 is 1.44 bits per heavy atom. The summed E-state index contributed by atoms with van der Waals surface area (Å²) in [6.45, 7) is 1.99. The fraction of sp³-hybridized carbons (Fsp3) is 0.231. The van der Waals surface area contributed by atoms with Crippen molar-refractivity contribution < 1.29 is 0 Å². The summed E-state index contributed by atoms with van der Waals surface area (Å²) >= 11 is 11.3. The van der Waals surface area contributed by atoms with E-state index in [1.54, 1.807) is 11.3 Å². The molecule has 0 amide bonds. The molecule has 2 rings (SSSR count). The highest BCUT2D eigenvalue weighted by molar-refractivity contribution is 9.10. The van der Waals surface area contributed by atoms with Crippen LogP contribution in [0, 0.1) is 6.92 Å². The van der Waals surface area contributed by atoms with Crippen LogP contribution in [0.2, 0.25) is 5.02 Å². The molecule has 0 radical (unpaired) electrons. The van der Waals surface area contributed by atoms with Crippen molar-refractivity contribution in [3.05, 3.63) is 55.1 Å². The van der Waals surface area contributed by atoms with Crippen LogP contribution >= 0.6 is 38.9 Å². The van der Waals surface area contributed by atoms with Crippen LogP contribution in [-0.4, -0.2) is 0 Å². The maximum Gasteiger partial charge on any atom is 0.0508 e. The monoisotopic (exact) mass is 344 g/mol. The van der Waals surface area contributed by atoms with Crippen LogP contribution in [0.5, 0.6) is 0 Å². The lowest BCUT2D eigenvalue weighted by atomic mass is 10.0. The van der Waals surface area contributed by atoms with E-state index in [9.17, 15) is 0 Å². The molecule has 1 unspecified atom stereocenters. The van der Waals surface area contributed by atoms with Crippen LogP contribution in [0.3, 0.4) is 0 Å². The Labute approximate surface area is 124 Å². The number of rotatable bonds is 4. The Hall–Kier alpha value is -0.390. The van der Waals surface area contributed by atoms with Gasteiger partial charge < -0.3 is 0 Å². The van der Waals surface area contributed by atoms with Crippen molar-refractivity contribution in [2.45, 2.75) is 19.4 Å². The lowest BCUT2D eigenvalue weighted by molar-refractivity contribution is 0.555. The number of nitrogens with two attached hydrogens (primary N) is 1. The minimum absolute atomic E-state index is 0.0775. The molecule has 0 saturated carbocycles. The van der Waals surface area contributed by atoms with Gasteiger partial charge in [-0.3, -0.25) is 11.3 Å². The van der Waals surface area contributed by atoms with Gasteiger partial charge in [0.25, 0.3) is 0 Å². The first-order valence-electron chi connectivity index (χ1n) is 5.55. The number of aryl methyl sites for hydroxylation is 1. The van der Waals surface area contributed by atoms with Crippen molar-refractivity contribution in [1.82, 2.24) is 5.43 Å². The zero-order valence-corrected chi connectivity index (χ0v) is 13.1. The van der Waals surface area contributed by atoms with Crippen molar-refractivity contribution in [3.8, 4) is 0 Å². The van der Waals surface area contributed by atoms with E-state index in [-0.39, 0.29) is 6.04 Å². The summed E-state index contributed by atoms with van der Waals surface area (Å²) in [6.07, 6.45) is 0.853. The molecular formula is C13H14BrClN2S. The zero-order chi connectivity index (χ0) is 13.1. The second kappa shape index (κ2) is 6.17. The first-order chi connectivity index (χ1) is 8.60. The third kappa shape index (κ3) is 3.33. The van der Waals surface area contributed by atoms with Gasteiger partial charge in [-0.1, -0.05) is 23.7 Å². The summed E-state index contributed by atoms with van der Waals surface area (Å²) in [7, 11) is 0. The van der Waals surface area contributed by atoms with Crippen LogP contribution in [-0.2, 0) is 6.42 Å². The second-order valence-corrected chi connectivity index (χ2v) is 6.48. The predicted octanol–water partition coefficient (Wildman–Crippen LogP) is 4.22. The molecule has 0 aliphatic rings. The van der Waals surface area contributed by atoms with E-state index in [2.05, 4.69) is 38.9 Å². The summed E-state index contributed by atoms with van der Waals surface area (Å²) in [4.78, 5) is 1.28. The zero-order valence-electron chi connectivity index (χ0n) is 9.91. The third-order valence-corrected chi connectivity index (χ3v) is 4.95. The molecule has 1 atom stereocenters. The van der Waals surface area contributed by atoms with E-state index >= 15 is 0 Å². The highest BCUT2D eigenvalue weighted by Gasteiger charge is 2.12. The van der Waals surface area contributed by atoms with Gasteiger partial charge in [0.1, 0.15) is 0 Å². The predicted molar refractivity (Wildman–Crippen MR) is 82.0 cm³/mol. The van der Waals surface area contributed by atoms with Gasteiger partial charge in [-0.2, -0.15) is 0 Å². The van der Waals surface area contributed by atoms with E-state index in [4.69, 9.17) is 17.4 Å². The van der Waals surface area contributed by atoms with Crippen LogP contribution in [0.4, 0.5) is 0 Å². The standard InChI is InChI=1S/C13H14BrClN2S/c1-8-2-3-9(4-12(8)15)13(17-16)6-11-5-10(14)7-18-11/h2-5,7,13,17H,6,16H2,1H3. The molecule has 3 N–H and O–H groups in total. The summed E-state index contributed by atoms with van der Waals surface area (Å²) in [5, 5.41) is 2.85. The quantitative estimate of drug-likeness (QED) is 0.643. The Kier molecular flexibility index (Phi) is 4.81. The van der Waals surface area contributed by atoms with Crippen molar-refractivity contribution in [1.29, 1.82) is 0 Å². The lowest BCUT2D eigenvalue weighted by Gasteiger charge is -2.16. The number of hydrogen-bond acceptors (Lipinski definition) is 3. The summed E-state index contributed by atoms with van der Waals surface area (Å²) in [5.41, 5.74) is 5.04. The van der Waals surface area contributed by atoms with E-state index in [1.165, 1.54) is 4.88 Å². The van der Waals surface area contributed by atoms with Gasteiger partial charge >= 0.3 is 0 Å². The number of benzene rings is 1. The highest BCUT2D eigenvalue weighted by Crippen LogP contribution is 2.27. The summed E-state index contributed by atoms with van der Waals surface area (Å²) < 4.78 is 1.11.